The smallest absolute Gasteiger partial charge is 0.246 e. The van der Waals surface area contributed by atoms with Crippen molar-refractivity contribution in [2.75, 3.05) is 26.3 Å². The van der Waals surface area contributed by atoms with E-state index in [2.05, 4.69) is 32.9 Å². The Bertz CT molecular complexity index is 235. The number of carbonyl (C=O) groups excluding carboxylic acids is 1. The van der Waals surface area contributed by atoms with E-state index in [1.807, 2.05) is 0 Å². The Labute approximate surface area is 97.4 Å². The van der Waals surface area contributed by atoms with Crippen molar-refractivity contribution in [3.05, 3.63) is 12.2 Å². The first-order valence-electron chi connectivity index (χ1n) is 4.59. The van der Waals surface area contributed by atoms with E-state index in [4.69, 9.17) is 0 Å². The molecule has 1 fully saturated rings. The molecule has 80 valence electrons. The first-order chi connectivity index (χ1) is 6.65. The van der Waals surface area contributed by atoms with Crippen LogP contribution >= 0.6 is 22.9 Å². The Morgan fingerprint density at radius 3 is 2.93 bits per heavy atom. The van der Waals surface area contributed by atoms with Gasteiger partial charge in [0.25, 0.3) is 0 Å². The molecule has 14 heavy (non-hydrogen) atoms. The summed E-state index contributed by atoms with van der Waals surface area (Å²) in [6.07, 6.45) is 2.57. The molecule has 1 aliphatic rings. The summed E-state index contributed by atoms with van der Waals surface area (Å²) in [6.45, 7) is 3.82. The molecule has 1 aliphatic heterocycles. The van der Waals surface area contributed by atoms with E-state index in [1.165, 1.54) is 12.2 Å². The maximum Gasteiger partial charge on any atom is 0.246 e. The van der Waals surface area contributed by atoms with Crippen LogP contribution in [0.3, 0.4) is 0 Å². The molecule has 0 spiro atoms. The van der Waals surface area contributed by atoms with Crippen molar-refractivity contribution in [1.82, 2.24) is 8.01 Å². The SMILES string of the molecule is C[C@H]1CN(C(=O)/C=C/CF)CCN1I. The Morgan fingerprint density at radius 1 is 1.64 bits per heavy atom. The average Bonchev–Trinajstić information content (AvgIpc) is 2.18. The number of hydrogen-bond donors (Lipinski definition) is 0. The van der Waals surface area contributed by atoms with Gasteiger partial charge in [-0.2, -0.15) is 0 Å². The third-order valence-corrected chi connectivity index (χ3v) is 3.64. The summed E-state index contributed by atoms with van der Waals surface area (Å²) < 4.78 is 14.0. The second-order valence-corrected chi connectivity index (χ2v) is 4.55. The van der Waals surface area contributed by atoms with E-state index in [0.29, 0.717) is 6.04 Å². The van der Waals surface area contributed by atoms with Crippen molar-refractivity contribution < 1.29 is 9.18 Å². The van der Waals surface area contributed by atoms with Gasteiger partial charge in [0, 0.05) is 54.6 Å². The number of rotatable bonds is 2. The molecule has 3 nitrogen and oxygen atoms in total. The molecule has 1 amide bonds. The minimum Gasteiger partial charge on any atom is -0.336 e. The normalized spacial score (nSPS) is 24.5. The predicted molar refractivity (Wildman–Crippen MR) is 61.9 cm³/mol. The second-order valence-electron chi connectivity index (χ2n) is 3.31. The Hall–Kier alpha value is -0.170. The van der Waals surface area contributed by atoms with Crippen molar-refractivity contribution in [1.29, 1.82) is 0 Å². The number of piperazine rings is 1. The number of carbonyl (C=O) groups is 1. The molecule has 0 unspecified atom stereocenters. The first kappa shape index (κ1) is 11.9. The van der Waals surface area contributed by atoms with Gasteiger partial charge in [-0.05, 0) is 13.0 Å². The molecular weight excluding hydrogens is 298 g/mol. The van der Waals surface area contributed by atoms with Crippen LogP contribution in [0.15, 0.2) is 12.2 Å². The summed E-state index contributed by atoms with van der Waals surface area (Å²) in [4.78, 5) is 13.2. The number of allylic oxidation sites excluding steroid dienone is 1. The van der Waals surface area contributed by atoms with Crippen molar-refractivity contribution in [3.8, 4) is 0 Å². The molecular formula is C9H14FIN2O. The van der Waals surface area contributed by atoms with Gasteiger partial charge in [-0.3, -0.25) is 4.79 Å². The monoisotopic (exact) mass is 312 g/mol. The largest absolute Gasteiger partial charge is 0.336 e. The number of alkyl halides is 1. The molecule has 0 aromatic carbocycles. The minimum atomic E-state index is -0.576. The van der Waals surface area contributed by atoms with Crippen LogP contribution in [0, 0.1) is 0 Å². The summed E-state index contributed by atoms with van der Waals surface area (Å²) in [5, 5.41) is 0. The molecule has 5 heteroatoms. The van der Waals surface area contributed by atoms with Crippen LogP contribution in [0.4, 0.5) is 4.39 Å². The number of amides is 1. The van der Waals surface area contributed by atoms with Gasteiger partial charge in [-0.25, -0.2) is 7.50 Å². The van der Waals surface area contributed by atoms with Crippen molar-refractivity contribution in [2.45, 2.75) is 13.0 Å². The predicted octanol–water partition coefficient (Wildman–Crippen LogP) is 1.39. The van der Waals surface area contributed by atoms with Gasteiger partial charge >= 0.3 is 0 Å². The lowest BCUT2D eigenvalue weighted by atomic mass is 10.2. The number of nitrogens with zero attached hydrogens (tertiary/aromatic N) is 2. The summed E-state index contributed by atoms with van der Waals surface area (Å²) in [6, 6.07) is 0.368. The second kappa shape index (κ2) is 5.65. The van der Waals surface area contributed by atoms with Crippen molar-refractivity contribution in [2.24, 2.45) is 0 Å². The quantitative estimate of drug-likeness (QED) is 0.437. The van der Waals surface area contributed by atoms with Gasteiger partial charge in [-0.1, -0.05) is 0 Å². The molecule has 0 aliphatic carbocycles. The molecule has 0 saturated carbocycles. The van der Waals surface area contributed by atoms with Crippen LogP contribution in [0.1, 0.15) is 6.92 Å². The van der Waals surface area contributed by atoms with Crippen LogP contribution in [0.25, 0.3) is 0 Å². The van der Waals surface area contributed by atoms with E-state index in [0.717, 1.165) is 19.6 Å². The van der Waals surface area contributed by atoms with Gasteiger partial charge in [-0.15, -0.1) is 0 Å². The highest BCUT2D eigenvalue weighted by Crippen LogP contribution is 2.13. The minimum absolute atomic E-state index is 0.0843. The van der Waals surface area contributed by atoms with Crippen LogP contribution in [-0.4, -0.2) is 46.3 Å². The lowest BCUT2D eigenvalue weighted by Gasteiger charge is -2.35. The van der Waals surface area contributed by atoms with Gasteiger partial charge < -0.3 is 4.90 Å². The molecule has 0 N–H and O–H groups in total. The van der Waals surface area contributed by atoms with Gasteiger partial charge in [0.05, 0.1) is 0 Å². The fourth-order valence-electron chi connectivity index (χ4n) is 1.39. The lowest BCUT2D eigenvalue weighted by molar-refractivity contribution is -0.127. The highest BCUT2D eigenvalue weighted by atomic mass is 127. The molecule has 1 heterocycles. The zero-order valence-electron chi connectivity index (χ0n) is 8.12. The third-order valence-electron chi connectivity index (χ3n) is 2.21. The molecule has 0 aromatic rings. The van der Waals surface area contributed by atoms with Gasteiger partial charge in [0.1, 0.15) is 6.67 Å². The number of halogens is 2. The fraction of sp³-hybridized carbons (Fsp3) is 0.667. The Kier molecular flexibility index (Phi) is 4.80. The lowest BCUT2D eigenvalue weighted by Crippen LogP contribution is -2.49. The molecule has 1 saturated heterocycles. The summed E-state index contributed by atoms with van der Waals surface area (Å²) >= 11 is 2.26. The summed E-state index contributed by atoms with van der Waals surface area (Å²) in [7, 11) is 0. The maximum atomic E-state index is 11.8. The topological polar surface area (TPSA) is 23.6 Å². The van der Waals surface area contributed by atoms with Gasteiger partial charge in [0.15, 0.2) is 0 Å². The van der Waals surface area contributed by atoms with E-state index >= 15 is 0 Å². The zero-order valence-corrected chi connectivity index (χ0v) is 10.3. The van der Waals surface area contributed by atoms with Crippen LogP contribution < -0.4 is 0 Å². The molecule has 0 radical (unpaired) electrons. The molecule has 0 aromatic heterocycles. The van der Waals surface area contributed by atoms with Crippen molar-refractivity contribution in [3.63, 3.8) is 0 Å². The summed E-state index contributed by atoms with van der Waals surface area (Å²) in [5.41, 5.74) is 0. The molecule has 0 bridgehead atoms. The fourth-order valence-corrected chi connectivity index (χ4v) is 1.78. The van der Waals surface area contributed by atoms with Crippen molar-refractivity contribution >= 4 is 28.8 Å². The van der Waals surface area contributed by atoms with Gasteiger partial charge in [0.2, 0.25) is 5.91 Å². The summed E-state index contributed by atoms with van der Waals surface area (Å²) in [5.74, 6) is -0.0843. The standard InChI is InChI=1S/C9H14FIN2O/c1-8-7-12(5-6-13(8)11)9(14)3-2-4-10/h2-3,8H,4-7H2,1H3/b3-2+/t8-/m0/s1. The highest BCUT2D eigenvalue weighted by Gasteiger charge is 2.23. The highest BCUT2D eigenvalue weighted by molar-refractivity contribution is 14.1. The van der Waals surface area contributed by atoms with E-state index in [1.54, 1.807) is 4.90 Å². The van der Waals surface area contributed by atoms with Crippen LogP contribution in [-0.2, 0) is 4.79 Å². The number of hydrogen-bond acceptors (Lipinski definition) is 2. The molecule has 1 atom stereocenters. The first-order valence-corrected chi connectivity index (χ1v) is 5.55. The van der Waals surface area contributed by atoms with E-state index < -0.39 is 6.67 Å². The molecule has 1 rings (SSSR count). The average molecular weight is 312 g/mol. The van der Waals surface area contributed by atoms with Crippen LogP contribution in [0.2, 0.25) is 0 Å². The Morgan fingerprint density at radius 2 is 2.36 bits per heavy atom. The third kappa shape index (κ3) is 3.20. The Balaban J connectivity index is 2.46. The zero-order chi connectivity index (χ0) is 10.6. The van der Waals surface area contributed by atoms with E-state index in [-0.39, 0.29) is 5.91 Å². The maximum absolute atomic E-state index is 11.8. The van der Waals surface area contributed by atoms with Crippen LogP contribution in [0.5, 0.6) is 0 Å². The van der Waals surface area contributed by atoms with E-state index in [9.17, 15) is 9.18 Å².